The number of rotatable bonds is 34. The highest BCUT2D eigenvalue weighted by Gasteiger charge is 2.12. The van der Waals surface area contributed by atoms with Crippen LogP contribution in [0.5, 0.6) is 0 Å². The second-order valence-corrected chi connectivity index (χ2v) is 13.8. The molecule has 266 valence electrons. The second-order valence-electron chi connectivity index (χ2n) is 13.8. The van der Waals surface area contributed by atoms with Crippen molar-refractivity contribution in [3.63, 3.8) is 0 Å². The van der Waals surface area contributed by atoms with E-state index in [2.05, 4.69) is 13.8 Å². The first-order chi connectivity index (χ1) is 22.7. The zero-order chi connectivity index (χ0) is 33.2. The summed E-state index contributed by atoms with van der Waals surface area (Å²) in [6, 6.07) is 6.75. The normalized spacial score (nSPS) is 11.2. The zero-order valence-corrected chi connectivity index (χ0v) is 30.6. The third-order valence-corrected chi connectivity index (χ3v) is 9.30. The quantitative estimate of drug-likeness (QED) is 0.0554. The summed E-state index contributed by atoms with van der Waals surface area (Å²) in [7, 11) is 0. The van der Waals surface area contributed by atoms with Crippen LogP contribution in [0.15, 0.2) is 24.3 Å². The zero-order valence-electron chi connectivity index (χ0n) is 30.6. The fourth-order valence-electron chi connectivity index (χ4n) is 6.22. The Bertz CT molecular complexity index is 756. The van der Waals surface area contributed by atoms with E-state index < -0.39 is 0 Å². The molecule has 0 atom stereocenters. The van der Waals surface area contributed by atoms with E-state index in [1.807, 2.05) is 0 Å². The molecule has 1 aromatic carbocycles. The van der Waals surface area contributed by atoms with Crippen molar-refractivity contribution in [2.24, 2.45) is 0 Å². The maximum absolute atomic E-state index is 12.5. The topological polar surface area (TPSA) is 52.6 Å². The third kappa shape index (κ3) is 26.3. The molecule has 46 heavy (non-hydrogen) atoms. The monoisotopic (exact) mass is 643 g/mol. The van der Waals surface area contributed by atoms with Gasteiger partial charge in [-0.2, -0.15) is 0 Å². The van der Waals surface area contributed by atoms with Crippen LogP contribution in [0, 0.1) is 0 Å². The Morgan fingerprint density at radius 1 is 0.391 bits per heavy atom. The predicted octanol–water partition coefficient (Wildman–Crippen LogP) is 13.7. The van der Waals surface area contributed by atoms with E-state index in [-0.39, 0.29) is 11.9 Å². The summed E-state index contributed by atoms with van der Waals surface area (Å²) in [4.78, 5) is 25.0. The van der Waals surface area contributed by atoms with E-state index in [1.165, 1.54) is 167 Å². The number of hydrogen-bond donors (Lipinski definition) is 0. The molecule has 0 fully saturated rings. The molecule has 4 heteroatoms. The molecule has 0 aliphatic heterocycles. The van der Waals surface area contributed by atoms with Crippen molar-refractivity contribution in [3.05, 3.63) is 35.4 Å². The Morgan fingerprint density at radius 3 is 0.891 bits per heavy atom. The Balaban J connectivity index is 1.97. The number of benzene rings is 1. The lowest BCUT2D eigenvalue weighted by molar-refractivity contribution is 0.0496. The highest BCUT2D eigenvalue weighted by atomic mass is 16.5. The molecule has 0 spiro atoms. The predicted molar refractivity (Wildman–Crippen MR) is 197 cm³/mol. The Labute approximate surface area is 285 Å². The Morgan fingerprint density at radius 2 is 0.630 bits per heavy atom. The minimum atomic E-state index is -0.359. The molecule has 0 aliphatic rings. The van der Waals surface area contributed by atoms with E-state index in [0.717, 1.165) is 25.7 Å². The van der Waals surface area contributed by atoms with Crippen molar-refractivity contribution in [1.29, 1.82) is 0 Å². The second kappa shape index (κ2) is 33.1. The van der Waals surface area contributed by atoms with Gasteiger partial charge in [-0.1, -0.05) is 200 Å². The van der Waals surface area contributed by atoms with Crippen LogP contribution in [0.1, 0.15) is 227 Å². The molecule has 0 aromatic heterocycles. The van der Waals surface area contributed by atoms with Crippen LogP contribution in [0.3, 0.4) is 0 Å². The smallest absolute Gasteiger partial charge is 0.338 e. The first-order valence-corrected chi connectivity index (χ1v) is 20.1. The maximum Gasteiger partial charge on any atom is 0.338 e. The summed E-state index contributed by atoms with van der Waals surface area (Å²) < 4.78 is 11.0. The van der Waals surface area contributed by atoms with E-state index in [0.29, 0.717) is 24.3 Å². The first kappa shape index (κ1) is 42.2. The molecule has 1 rings (SSSR count). The van der Waals surface area contributed by atoms with Gasteiger partial charge in [0, 0.05) is 0 Å². The van der Waals surface area contributed by atoms with Crippen LogP contribution < -0.4 is 0 Å². The Hall–Kier alpha value is -1.84. The van der Waals surface area contributed by atoms with E-state index >= 15 is 0 Å². The summed E-state index contributed by atoms with van der Waals surface area (Å²) in [5.74, 6) is -0.718. The number of carbonyl (C=O) groups is 2. The summed E-state index contributed by atoms with van der Waals surface area (Å²) >= 11 is 0. The number of hydrogen-bond acceptors (Lipinski definition) is 4. The summed E-state index contributed by atoms with van der Waals surface area (Å²) in [5.41, 5.74) is 0.838. The molecule has 0 saturated carbocycles. The fourth-order valence-corrected chi connectivity index (χ4v) is 6.22. The molecule has 0 unspecified atom stereocenters. The minimum absolute atomic E-state index is 0.359. The molecular weight excluding hydrogens is 568 g/mol. The highest BCUT2D eigenvalue weighted by Crippen LogP contribution is 2.16. The number of unbranched alkanes of at least 4 members (excludes halogenated alkanes) is 28. The van der Waals surface area contributed by atoms with Gasteiger partial charge in [-0.25, -0.2) is 9.59 Å². The lowest BCUT2D eigenvalue weighted by Gasteiger charge is -2.08. The maximum atomic E-state index is 12.5. The number of ether oxygens (including phenoxy) is 2. The minimum Gasteiger partial charge on any atom is -0.462 e. The van der Waals surface area contributed by atoms with Gasteiger partial charge in [0.05, 0.1) is 24.3 Å². The van der Waals surface area contributed by atoms with Crippen molar-refractivity contribution in [3.8, 4) is 0 Å². The van der Waals surface area contributed by atoms with Crippen LogP contribution in [0.4, 0.5) is 0 Å². The molecule has 0 saturated heterocycles. The number of carbonyl (C=O) groups excluding carboxylic acids is 2. The summed E-state index contributed by atoms with van der Waals surface area (Å²) in [6.07, 6.45) is 39.4. The molecule has 0 aliphatic carbocycles. The first-order valence-electron chi connectivity index (χ1n) is 20.1. The molecule has 0 amide bonds. The van der Waals surface area contributed by atoms with Gasteiger partial charge in [0.25, 0.3) is 0 Å². The average molecular weight is 643 g/mol. The van der Waals surface area contributed by atoms with Crippen LogP contribution in [-0.2, 0) is 9.47 Å². The lowest BCUT2D eigenvalue weighted by Crippen LogP contribution is -2.10. The highest BCUT2D eigenvalue weighted by molar-refractivity contribution is 5.95. The van der Waals surface area contributed by atoms with E-state index in [4.69, 9.17) is 9.47 Å². The molecule has 0 bridgehead atoms. The molecule has 0 heterocycles. The van der Waals surface area contributed by atoms with Crippen molar-refractivity contribution >= 4 is 11.9 Å². The average Bonchev–Trinajstić information content (AvgIpc) is 3.07. The van der Waals surface area contributed by atoms with Gasteiger partial charge in [0.1, 0.15) is 0 Å². The van der Waals surface area contributed by atoms with Gasteiger partial charge in [-0.3, -0.25) is 0 Å². The van der Waals surface area contributed by atoms with Crippen molar-refractivity contribution in [2.45, 2.75) is 206 Å². The third-order valence-electron chi connectivity index (χ3n) is 9.30. The van der Waals surface area contributed by atoms with Gasteiger partial charge >= 0.3 is 11.9 Å². The van der Waals surface area contributed by atoms with Crippen LogP contribution in [-0.4, -0.2) is 25.2 Å². The Kier molecular flexibility index (Phi) is 30.3. The largest absolute Gasteiger partial charge is 0.462 e. The van der Waals surface area contributed by atoms with Crippen LogP contribution in [0.25, 0.3) is 0 Å². The van der Waals surface area contributed by atoms with Gasteiger partial charge < -0.3 is 9.47 Å². The van der Waals surface area contributed by atoms with Crippen molar-refractivity contribution < 1.29 is 19.1 Å². The van der Waals surface area contributed by atoms with Crippen LogP contribution in [0.2, 0.25) is 0 Å². The standard InChI is InChI=1S/C42H74O4/c1-3-5-7-9-11-13-15-17-19-21-23-25-27-29-31-36-45-41(43)39-34-33-35-40(38-39)42(44)46-37-32-30-28-26-24-22-20-18-16-14-12-10-8-6-4-2/h33-35,38H,3-32,36-37H2,1-2H3. The number of esters is 2. The van der Waals surface area contributed by atoms with Crippen molar-refractivity contribution in [1.82, 2.24) is 0 Å². The van der Waals surface area contributed by atoms with E-state index in [1.54, 1.807) is 24.3 Å². The van der Waals surface area contributed by atoms with Gasteiger partial charge in [0.15, 0.2) is 0 Å². The molecular formula is C42H74O4. The van der Waals surface area contributed by atoms with Gasteiger partial charge in [-0.15, -0.1) is 0 Å². The molecule has 0 N–H and O–H groups in total. The fraction of sp³-hybridized carbons (Fsp3) is 0.810. The molecule has 0 radical (unpaired) electrons. The van der Waals surface area contributed by atoms with Gasteiger partial charge in [-0.05, 0) is 31.0 Å². The molecule has 4 nitrogen and oxygen atoms in total. The van der Waals surface area contributed by atoms with Crippen LogP contribution >= 0.6 is 0 Å². The molecule has 1 aromatic rings. The summed E-state index contributed by atoms with van der Waals surface area (Å²) in [6.45, 7) is 5.42. The SMILES string of the molecule is CCCCCCCCCCCCCCCCCOC(=O)c1cccc(C(=O)OCCCCCCCCCCCCCCCCC)c1. The van der Waals surface area contributed by atoms with Gasteiger partial charge in [0.2, 0.25) is 0 Å². The van der Waals surface area contributed by atoms with Crippen molar-refractivity contribution in [2.75, 3.05) is 13.2 Å². The lowest BCUT2D eigenvalue weighted by atomic mass is 10.0. The van der Waals surface area contributed by atoms with E-state index in [9.17, 15) is 9.59 Å². The summed E-state index contributed by atoms with van der Waals surface area (Å²) in [5, 5.41) is 0.